The van der Waals surface area contributed by atoms with Gasteiger partial charge in [-0.25, -0.2) is 8.42 Å². The van der Waals surface area contributed by atoms with Crippen molar-refractivity contribution < 1.29 is 18.0 Å². The Kier molecular flexibility index (Phi) is 7.64. The standard InChI is InChI=1S/C22H28N4O4S/c1-18(27)25-14-16-26(17-15-25)31(29,30)21-10-8-19(9-11-21)22(28)24-13-5-12-23-20-6-3-2-4-7-20/h2-4,6-11,23H,5,12-17H2,1H3,(H,24,28). The minimum absolute atomic E-state index is 0.0525. The molecule has 1 aliphatic rings. The van der Waals surface area contributed by atoms with Gasteiger partial charge in [-0.1, -0.05) is 18.2 Å². The monoisotopic (exact) mass is 444 g/mol. The van der Waals surface area contributed by atoms with Crippen molar-refractivity contribution in [3.63, 3.8) is 0 Å². The van der Waals surface area contributed by atoms with Gasteiger partial charge in [-0.3, -0.25) is 9.59 Å². The van der Waals surface area contributed by atoms with Crippen LogP contribution in [-0.4, -0.2) is 68.7 Å². The lowest BCUT2D eigenvalue weighted by Crippen LogP contribution is -2.49. The fourth-order valence-corrected chi connectivity index (χ4v) is 4.77. The Morgan fingerprint density at radius 3 is 2.16 bits per heavy atom. The smallest absolute Gasteiger partial charge is 0.251 e. The number of para-hydroxylation sites is 1. The first-order chi connectivity index (χ1) is 14.9. The van der Waals surface area contributed by atoms with Gasteiger partial charge >= 0.3 is 0 Å². The Hall–Kier alpha value is -2.91. The first kappa shape index (κ1) is 22.8. The molecule has 166 valence electrons. The summed E-state index contributed by atoms with van der Waals surface area (Å²) in [5.41, 5.74) is 1.45. The molecule has 0 unspecified atom stereocenters. The van der Waals surface area contributed by atoms with Crippen LogP contribution < -0.4 is 10.6 Å². The lowest BCUT2D eigenvalue weighted by Gasteiger charge is -2.33. The number of rotatable bonds is 8. The van der Waals surface area contributed by atoms with Crippen molar-refractivity contribution in [3.8, 4) is 0 Å². The first-order valence-electron chi connectivity index (χ1n) is 10.3. The molecule has 8 nitrogen and oxygen atoms in total. The molecule has 9 heteroatoms. The van der Waals surface area contributed by atoms with Gasteiger partial charge in [-0.05, 0) is 42.8 Å². The molecular formula is C22H28N4O4S. The van der Waals surface area contributed by atoms with E-state index in [1.807, 2.05) is 30.3 Å². The number of benzene rings is 2. The van der Waals surface area contributed by atoms with E-state index in [2.05, 4.69) is 10.6 Å². The molecular weight excluding hydrogens is 416 g/mol. The largest absolute Gasteiger partial charge is 0.385 e. The van der Waals surface area contributed by atoms with Gasteiger partial charge in [0.25, 0.3) is 5.91 Å². The first-order valence-corrected chi connectivity index (χ1v) is 11.7. The second kappa shape index (κ2) is 10.4. The Bertz CT molecular complexity index is 986. The normalized spacial score (nSPS) is 14.8. The number of nitrogens with one attached hydrogen (secondary N) is 2. The minimum Gasteiger partial charge on any atom is -0.385 e. The van der Waals surface area contributed by atoms with Gasteiger partial charge in [0.2, 0.25) is 15.9 Å². The van der Waals surface area contributed by atoms with E-state index in [4.69, 9.17) is 0 Å². The molecule has 0 atom stereocenters. The van der Waals surface area contributed by atoms with Gasteiger partial charge in [-0.15, -0.1) is 0 Å². The third-order valence-electron chi connectivity index (χ3n) is 5.18. The predicted molar refractivity (Wildman–Crippen MR) is 119 cm³/mol. The third kappa shape index (κ3) is 6.05. The molecule has 0 radical (unpaired) electrons. The van der Waals surface area contributed by atoms with Crippen molar-refractivity contribution in [3.05, 3.63) is 60.2 Å². The number of carbonyl (C=O) groups excluding carboxylic acids is 2. The van der Waals surface area contributed by atoms with Crippen molar-refractivity contribution in [2.45, 2.75) is 18.2 Å². The maximum Gasteiger partial charge on any atom is 0.251 e. The molecule has 0 spiro atoms. The zero-order valence-electron chi connectivity index (χ0n) is 17.6. The minimum atomic E-state index is -3.65. The zero-order valence-corrected chi connectivity index (χ0v) is 18.4. The number of piperazine rings is 1. The molecule has 1 fully saturated rings. The molecule has 2 amide bonds. The zero-order chi connectivity index (χ0) is 22.3. The van der Waals surface area contributed by atoms with E-state index in [-0.39, 0.29) is 29.8 Å². The summed E-state index contributed by atoms with van der Waals surface area (Å²) in [6.45, 7) is 4.02. The number of anilines is 1. The highest BCUT2D eigenvalue weighted by Gasteiger charge is 2.29. The molecule has 3 rings (SSSR count). The van der Waals surface area contributed by atoms with Gasteiger partial charge in [-0.2, -0.15) is 4.31 Å². The Balaban J connectivity index is 1.47. The molecule has 1 heterocycles. The third-order valence-corrected chi connectivity index (χ3v) is 7.09. The van der Waals surface area contributed by atoms with E-state index >= 15 is 0 Å². The Morgan fingerprint density at radius 1 is 0.903 bits per heavy atom. The van der Waals surface area contributed by atoms with Crippen LogP contribution in [0, 0.1) is 0 Å². The second-order valence-electron chi connectivity index (χ2n) is 7.34. The van der Waals surface area contributed by atoms with E-state index in [0.29, 0.717) is 25.2 Å². The SMILES string of the molecule is CC(=O)N1CCN(S(=O)(=O)c2ccc(C(=O)NCCCNc3ccccc3)cc2)CC1. The lowest BCUT2D eigenvalue weighted by atomic mass is 10.2. The summed E-state index contributed by atoms with van der Waals surface area (Å²) in [5, 5.41) is 6.12. The second-order valence-corrected chi connectivity index (χ2v) is 9.27. The number of amides is 2. The molecule has 1 saturated heterocycles. The molecule has 1 aliphatic heterocycles. The van der Waals surface area contributed by atoms with Crippen LogP contribution in [0.2, 0.25) is 0 Å². The average molecular weight is 445 g/mol. The van der Waals surface area contributed by atoms with Gasteiger partial charge in [0.15, 0.2) is 0 Å². The van der Waals surface area contributed by atoms with Crippen molar-refractivity contribution in [1.29, 1.82) is 0 Å². The molecule has 0 aliphatic carbocycles. The van der Waals surface area contributed by atoms with Gasteiger partial charge in [0.05, 0.1) is 4.90 Å². The highest BCUT2D eigenvalue weighted by atomic mass is 32.2. The number of nitrogens with zero attached hydrogens (tertiary/aromatic N) is 2. The van der Waals surface area contributed by atoms with Crippen molar-refractivity contribution in [1.82, 2.24) is 14.5 Å². The molecule has 0 saturated carbocycles. The van der Waals surface area contributed by atoms with Crippen molar-refractivity contribution >= 4 is 27.5 Å². The van der Waals surface area contributed by atoms with Crippen molar-refractivity contribution in [2.75, 3.05) is 44.6 Å². The van der Waals surface area contributed by atoms with Crippen LogP contribution in [0.4, 0.5) is 5.69 Å². The van der Waals surface area contributed by atoms with E-state index in [1.165, 1.54) is 35.5 Å². The summed E-state index contributed by atoms with van der Waals surface area (Å²) in [4.78, 5) is 25.5. The number of hydrogen-bond acceptors (Lipinski definition) is 5. The quantitative estimate of drug-likeness (QED) is 0.605. The van der Waals surface area contributed by atoms with E-state index in [1.54, 1.807) is 4.90 Å². The van der Waals surface area contributed by atoms with Crippen LogP contribution >= 0.6 is 0 Å². The van der Waals surface area contributed by atoms with Gasteiger partial charge in [0, 0.05) is 57.4 Å². The topological polar surface area (TPSA) is 98.8 Å². The van der Waals surface area contributed by atoms with Crippen molar-refractivity contribution in [2.24, 2.45) is 0 Å². The number of hydrogen-bond donors (Lipinski definition) is 2. The molecule has 2 N–H and O–H groups in total. The maximum absolute atomic E-state index is 12.8. The predicted octanol–water partition coefficient (Wildman–Crippen LogP) is 1.77. The summed E-state index contributed by atoms with van der Waals surface area (Å²) in [6.07, 6.45) is 0.763. The fourth-order valence-electron chi connectivity index (χ4n) is 3.35. The molecule has 31 heavy (non-hydrogen) atoms. The summed E-state index contributed by atoms with van der Waals surface area (Å²) in [6, 6.07) is 15.8. The van der Waals surface area contributed by atoms with E-state index < -0.39 is 10.0 Å². The molecule has 0 bridgehead atoms. The molecule has 2 aromatic rings. The molecule has 2 aromatic carbocycles. The summed E-state index contributed by atoms with van der Waals surface area (Å²) in [5.74, 6) is -0.290. The van der Waals surface area contributed by atoms with E-state index in [0.717, 1.165) is 18.7 Å². The average Bonchev–Trinajstić information content (AvgIpc) is 2.79. The summed E-state index contributed by atoms with van der Waals surface area (Å²) < 4.78 is 27.0. The highest BCUT2D eigenvalue weighted by molar-refractivity contribution is 7.89. The van der Waals surface area contributed by atoms with E-state index in [9.17, 15) is 18.0 Å². The van der Waals surface area contributed by atoms with Crippen LogP contribution in [0.3, 0.4) is 0 Å². The lowest BCUT2D eigenvalue weighted by molar-refractivity contribution is -0.129. The van der Waals surface area contributed by atoms with Crippen LogP contribution in [0.15, 0.2) is 59.5 Å². The molecule has 0 aromatic heterocycles. The van der Waals surface area contributed by atoms with Crippen LogP contribution in [0.25, 0.3) is 0 Å². The van der Waals surface area contributed by atoms with Crippen LogP contribution in [0.5, 0.6) is 0 Å². The Morgan fingerprint density at radius 2 is 1.55 bits per heavy atom. The maximum atomic E-state index is 12.8. The van der Waals surface area contributed by atoms with Crippen LogP contribution in [0.1, 0.15) is 23.7 Å². The fraction of sp³-hybridized carbons (Fsp3) is 0.364. The van der Waals surface area contributed by atoms with Gasteiger partial charge in [0.1, 0.15) is 0 Å². The van der Waals surface area contributed by atoms with Crippen LogP contribution in [-0.2, 0) is 14.8 Å². The summed E-state index contributed by atoms with van der Waals surface area (Å²) >= 11 is 0. The van der Waals surface area contributed by atoms with Gasteiger partial charge < -0.3 is 15.5 Å². The highest BCUT2D eigenvalue weighted by Crippen LogP contribution is 2.18. The number of carbonyl (C=O) groups is 2. The Labute approximate surface area is 183 Å². The summed E-state index contributed by atoms with van der Waals surface area (Å²) in [7, 11) is -3.65. The number of sulfonamides is 1.